The highest BCUT2D eigenvalue weighted by Gasteiger charge is 2.38. The van der Waals surface area contributed by atoms with E-state index in [1.807, 2.05) is 66.7 Å². The Bertz CT molecular complexity index is 1330. The smallest absolute Gasteiger partial charge is 0.194 e. The van der Waals surface area contributed by atoms with E-state index in [0.717, 1.165) is 26.7 Å². The Kier molecular flexibility index (Phi) is 5.69. The highest BCUT2D eigenvalue weighted by molar-refractivity contribution is 9.10. The lowest BCUT2D eigenvalue weighted by Crippen LogP contribution is -2.02. The van der Waals surface area contributed by atoms with Gasteiger partial charge in [0.05, 0.1) is 5.56 Å². The molecule has 0 amide bonds. The van der Waals surface area contributed by atoms with Crippen LogP contribution in [0.3, 0.4) is 0 Å². The van der Waals surface area contributed by atoms with Crippen LogP contribution in [-0.2, 0) is 0 Å². The molecule has 4 aromatic rings. The normalized spacial score (nSPS) is 16.2. The van der Waals surface area contributed by atoms with Crippen molar-refractivity contribution >= 4 is 39.4 Å². The molecule has 0 fully saturated rings. The maximum Gasteiger partial charge on any atom is 0.194 e. The number of benzene rings is 4. The van der Waals surface area contributed by atoms with Gasteiger partial charge in [-0.05, 0) is 65.2 Å². The van der Waals surface area contributed by atoms with Crippen LogP contribution in [-0.4, -0.2) is 5.78 Å². The van der Waals surface area contributed by atoms with Crippen molar-refractivity contribution in [1.29, 1.82) is 0 Å². The lowest BCUT2D eigenvalue weighted by Gasteiger charge is -2.14. The summed E-state index contributed by atoms with van der Waals surface area (Å²) in [5.41, 5.74) is 4.34. The van der Waals surface area contributed by atoms with E-state index in [0.29, 0.717) is 22.1 Å². The Balaban J connectivity index is 1.65. The van der Waals surface area contributed by atoms with Gasteiger partial charge in [-0.15, -0.1) is 0 Å². The van der Waals surface area contributed by atoms with Crippen LogP contribution in [0.2, 0.25) is 5.02 Å². The maximum absolute atomic E-state index is 13.8. The number of Topliss-reactive ketones (excluding diaryl/α,β-unsaturated/α-hetero) is 1. The fourth-order valence-corrected chi connectivity index (χ4v) is 4.66. The number of hydrogen-bond acceptors (Lipinski definition) is 2. The molecule has 0 bridgehead atoms. The highest BCUT2D eigenvalue weighted by atomic mass is 79.9. The average Bonchev–Trinajstić information content (AvgIpc) is 3.08. The number of carbonyl (C=O) groups is 1. The summed E-state index contributed by atoms with van der Waals surface area (Å²) in [6, 6.07) is 31.0. The third-order valence-corrected chi connectivity index (χ3v) is 6.26. The summed E-state index contributed by atoms with van der Waals surface area (Å²) < 4.78 is 7.10. The summed E-state index contributed by atoms with van der Waals surface area (Å²) >= 11 is 9.53. The van der Waals surface area contributed by atoms with Gasteiger partial charge in [0.2, 0.25) is 0 Å². The van der Waals surface area contributed by atoms with Gasteiger partial charge in [-0.1, -0.05) is 82.1 Å². The molecule has 0 N–H and O–H groups in total. The molecular formula is C28H18BrClO2. The maximum atomic E-state index is 13.8. The average molecular weight is 502 g/mol. The van der Waals surface area contributed by atoms with Crippen LogP contribution in [0.5, 0.6) is 11.5 Å². The Morgan fingerprint density at radius 3 is 2.34 bits per heavy atom. The number of rotatable bonds is 4. The van der Waals surface area contributed by atoms with Gasteiger partial charge in [-0.3, -0.25) is 4.79 Å². The van der Waals surface area contributed by atoms with Gasteiger partial charge in [-0.2, -0.15) is 0 Å². The summed E-state index contributed by atoms with van der Waals surface area (Å²) in [5, 5.41) is 0.634. The van der Waals surface area contributed by atoms with Gasteiger partial charge in [0, 0.05) is 21.0 Å². The number of fused-ring (bicyclic) bond motifs is 1. The van der Waals surface area contributed by atoms with E-state index in [2.05, 4.69) is 28.1 Å². The Morgan fingerprint density at radius 2 is 1.59 bits per heavy atom. The van der Waals surface area contributed by atoms with Crippen molar-refractivity contribution in [1.82, 2.24) is 0 Å². The molecule has 5 rings (SSSR count). The molecule has 0 saturated carbocycles. The largest absolute Gasteiger partial charge is 0.457 e. The van der Waals surface area contributed by atoms with Gasteiger partial charge in [0.1, 0.15) is 11.5 Å². The van der Waals surface area contributed by atoms with E-state index >= 15 is 0 Å². The topological polar surface area (TPSA) is 26.3 Å². The third kappa shape index (κ3) is 4.02. The van der Waals surface area contributed by atoms with Gasteiger partial charge in [-0.25, -0.2) is 0 Å². The minimum atomic E-state index is -0.161. The van der Waals surface area contributed by atoms with Gasteiger partial charge >= 0.3 is 0 Å². The third-order valence-electron chi connectivity index (χ3n) is 5.51. The van der Waals surface area contributed by atoms with Crippen molar-refractivity contribution in [2.24, 2.45) is 0 Å². The van der Waals surface area contributed by atoms with Crippen molar-refractivity contribution in [2.75, 3.05) is 0 Å². The number of halogens is 2. The van der Waals surface area contributed by atoms with Crippen molar-refractivity contribution in [3.05, 3.63) is 134 Å². The van der Waals surface area contributed by atoms with Crippen molar-refractivity contribution in [2.45, 2.75) is 5.92 Å². The molecule has 4 aromatic carbocycles. The molecule has 0 unspecified atom stereocenters. The van der Waals surface area contributed by atoms with Gasteiger partial charge in [0.25, 0.3) is 0 Å². The number of ketones is 1. The van der Waals surface area contributed by atoms with Crippen LogP contribution < -0.4 is 4.74 Å². The summed E-state index contributed by atoms with van der Waals surface area (Å²) in [7, 11) is 0. The monoisotopic (exact) mass is 500 g/mol. The summed E-state index contributed by atoms with van der Waals surface area (Å²) in [5.74, 6) is 1.01. The van der Waals surface area contributed by atoms with Crippen LogP contribution in [0.15, 0.2) is 107 Å². The molecule has 0 radical (unpaired) electrons. The first-order valence-electron chi connectivity index (χ1n) is 10.2. The van der Waals surface area contributed by atoms with E-state index < -0.39 is 0 Å². The first-order chi connectivity index (χ1) is 15.6. The van der Waals surface area contributed by atoms with E-state index in [4.69, 9.17) is 16.3 Å². The fourth-order valence-electron chi connectivity index (χ4n) is 4.12. The summed E-state index contributed by atoms with van der Waals surface area (Å²) in [4.78, 5) is 13.8. The minimum Gasteiger partial charge on any atom is -0.457 e. The lowest BCUT2D eigenvalue weighted by molar-refractivity contribution is 0.103. The molecular weight excluding hydrogens is 484 g/mol. The Labute approximate surface area is 200 Å². The minimum absolute atomic E-state index is 0.0154. The van der Waals surface area contributed by atoms with Crippen LogP contribution in [0, 0.1) is 0 Å². The molecule has 0 saturated heterocycles. The molecule has 1 aliphatic rings. The molecule has 32 heavy (non-hydrogen) atoms. The van der Waals surface area contributed by atoms with Crippen LogP contribution in [0.25, 0.3) is 6.08 Å². The van der Waals surface area contributed by atoms with Crippen LogP contribution in [0.1, 0.15) is 33.0 Å². The molecule has 1 atom stereocenters. The second-order valence-corrected chi connectivity index (χ2v) is 8.96. The second kappa shape index (κ2) is 8.78. The molecule has 0 aromatic heterocycles. The van der Waals surface area contributed by atoms with E-state index in [-0.39, 0.29) is 11.7 Å². The zero-order valence-corrected chi connectivity index (χ0v) is 19.3. The van der Waals surface area contributed by atoms with Crippen molar-refractivity contribution in [3.8, 4) is 11.5 Å². The molecule has 4 heteroatoms. The number of allylic oxidation sites excluding steroid dienone is 1. The molecule has 0 aliphatic heterocycles. The predicted octanol–water partition coefficient (Wildman–Crippen LogP) is 8.31. The first-order valence-corrected chi connectivity index (χ1v) is 11.4. The van der Waals surface area contributed by atoms with Gasteiger partial charge in [0.15, 0.2) is 5.78 Å². The van der Waals surface area contributed by atoms with Gasteiger partial charge < -0.3 is 4.74 Å². The summed E-state index contributed by atoms with van der Waals surface area (Å²) in [6.45, 7) is 0. The van der Waals surface area contributed by atoms with Crippen molar-refractivity contribution < 1.29 is 9.53 Å². The predicted molar refractivity (Wildman–Crippen MR) is 133 cm³/mol. The Hall–Kier alpha value is -3.14. The first kappa shape index (κ1) is 20.7. The molecule has 2 nitrogen and oxygen atoms in total. The fraction of sp³-hybridized carbons (Fsp3) is 0.0357. The standard InChI is InChI=1S/C28H18BrClO2/c29-20-9-4-6-18(16-20)17-24-26(19-7-2-1-3-8-19)23-10-5-11-25(27(23)28(24)31)32-22-14-12-21(30)13-15-22/h1-17,26H/b24-17-/t26-/m0/s1. The van der Waals surface area contributed by atoms with E-state index in [1.54, 1.807) is 24.3 Å². The van der Waals surface area contributed by atoms with E-state index in [1.165, 1.54) is 0 Å². The zero-order valence-electron chi connectivity index (χ0n) is 17.0. The molecule has 1 aliphatic carbocycles. The van der Waals surface area contributed by atoms with Crippen LogP contribution >= 0.6 is 27.5 Å². The van der Waals surface area contributed by atoms with E-state index in [9.17, 15) is 4.79 Å². The lowest BCUT2D eigenvalue weighted by atomic mass is 9.89. The molecule has 0 spiro atoms. The van der Waals surface area contributed by atoms with Crippen molar-refractivity contribution in [3.63, 3.8) is 0 Å². The Morgan fingerprint density at radius 1 is 0.844 bits per heavy atom. The number of ether oxygens (including phenoxy) is 1. The highest BCUT2D eigenvalue weighted by Crippen LogP contribution is 2.47. The second-order valence-electron chi connectivity index (χ2n) is 7.60. The molecule has 0 heterocycles. The number of hydrogen-bond donors (Lipinski definition) is 0. The number of carbonyl (C=O) groups excluding carboxylic acids is 1. The quantitative estimate of drug-likeness (QED) is 0.263. The summed E-state index contributed by atoms with van der Waals surface area (Å²) in [6.07, 6.45) is 1.98. The SMILES string of the molecule is O=C1/C(=C\c2cccc(Br)c2)[C@@H](c2ccccc2)c2cccc(Oc3ccc(Cl)cc3)c21. The zero-order chi connectivity index (χ0) is 22.1. The van der Waals surface area contributed by atoms with Crippen LogP contribution in [0.4, 0.5) is 0 Å². The molecule has 156 valence electrons.